The molecule has 4 nitrogen and oxygen atoms in total. The molecular weight excluding hydrogens is 199 g/mol. The van der Waals surface area contributed by atoms with E-state index in [9.17, 15) is 9.18 Å². The van der Waals surface area contributed by atoms with Gasteiger partial charge in [0.15, 0.2) is 0 Å². The highest BCUT2D eigenvalue weighted by atomic mass is 19.1. The van der Waals surface area contributed by atoms with Crippen molar-refractivity contribution in [1.82, 2.24) is 5.32 Å². The SMILES string of the molecule is NCCNCc1ccc(C(=O)O)c(F)c1. The number of nitrogens with two attached hydrogens (primary N) is 1. The van der Waals surface area contributed by atoms with Gasteiger partial charge in [-0.05, 0) is 17.7 Å². The van der Waals surface area contributed by atoms with Crippen LogP contribution in [0.2, 0.25) is 0 Å². The van der Waals surface area contributed by atoms with Crippen molar-refractivity contribution >= 4 is 5.97 Å². The van der Waals surface area contributed by atoms with Gasteiger partial charge in [0.2, 0.25) is 0 Å². The summed E-state index contributed by atoms with van der Waals surface area (Å²) in [6.07, 6.45) is 0. The number of rotatable bonds is 5. The number of carboxylic acids is 1. The number of benzene rings is 1. The Morgan fingerprint density at radius 1 is 1.53 bits per heavy atom. The van der Waals surface area contributed by atoms with Gasteiger partial charge in [0, 0.05) is 19.6 Å². The molecule has 0 heterocycles. The van der Waals surface area contributed by atoms with Gasteiger partial charge in [0.25, 0.3) is 0 Å². The second-order valence-electron chi connectivity index (χ2n) is 3.08. The lowest BCUT2D eigenvalue weighted by Crippen LogP contribution is -2.22. The zero-order valence-electron chi connectivity index (χ0n) is 8.16. The fourth-order valence-corrected chi connectivity index (χ4v) is 1.18. The van der Waals surface area contributed by atoms with Crippen molar-refractivity contribution in [3.63, 3.8) is 0 Å². The Morgan fingerprint density at radius 3 is 2.80 bits per heavy atom. The van der Waals surface area contributed by atoms with Gasteiger partial charge in [-0.1, -0.05) is 6.07 Å². The molecule has 0 aliphatic rings. The first-order chi connectivity index (χ1) is 7.15. The topological polar surface area (TPSA) is 75.3 Å². The summed E-state index contributed by atoms with van der Waals surface area (Å²) in [4.78, 5) is 10.5. The van der Waals surface area contributed by atoms with Crippen LogP contribution in [0.5, 0.6) is 0 Å². The minimum Gasteiger partial charge on any atom is -0.478 e. The summed E-state index contributed by atoms with van der Waals surface area (Å²) in [6.45, 7) is 1.63. The Balaban J connectivity index is 2.69. The Morgan fingerprint density at radius 2 is 2.27 bits per heavy atom. The van der Waals surface area contributed by atoms with E-state index >= 15 is 0 Å². The van der Waals surface area contributed by atoms with Crippen LogP contribution in [0.1, 0.15) is 15.9 Å². The van der Waals surface area contributed by atoms with Gasteiger partial charge in [-0.15, -0.1) is 0 Å². The van der Waals surface area contributed by atoms with Crippen molar-refractivity contribution in [3.8, 4) is 0 Å². The average molecular weight is 212 g/mol. The predicted octanol–water partition coefficient (Wildman–Crippen LogP) is 0.572. The minimum atomic E-state index is -1.26. The van der Waals surface area contributed by atoms with Crippen molar-refractivity contribution in [3.05, 3.63) is 35.1 Å². The van der Waals surface area contributed by atoms with E-state index in [4.69, 9.17) is 10.8 Å². The van der Waals surface area contributed by atoms with E-state index in [1.807, 2.05) is 0 Å². The van der Waals surface area contributed by atoms with Crippen LogP contribution in [0.4, 0.5) is 4.39 Å². The second kappa shape index (κ2) is 5.43. The Hall–Kier alpha value is -1.46. The zero-order valence-corrected chi connectivity index (χ0v) is 8.16. The quantitative estimate of drug-likeness (QED) is 0.624. The maximum absolute atomic E-state index is 13.2. The van der Waals surface area contributed by atoms with Gasteiger partial charge in [-0.2, -0.15) is 0 Å². The Bertz CT molecular complexity index is 355. The number of carboxylic acid groups (broad SMARTS) is 1. The van der Waals surface area contributed by atoms with Crippen LogP contribution in [0.3, 0.4) is 0 Å². The van der Waals surface area contributed by atoms with E-state index in [-0.39, 0.29) is 5.56 Å². The van der Waals surface area contributed by atoms with Gasteiger partial charge in [-0.3, -0.25) is 0 Å². The highest BCUT2D eigenvalue weighted by Crippen LogP contribution is 2.10. The standard InChI is InChI=1S/C10H13FN2O2/c11-9-5-7(6-13-4-3-12)1-2-8(9)10(14)15/h1-2,5,13H,3-4,6,12H2,(H,14,15). The summed E-state index contributed by atoms with van der Waals surface area (Å²) in [6, 6.07) is 4.06. The average Bonchev–Trinajstić information content (AvgIpc) is 2.17. The van der Waals surface area contributed by atoms with Gasteiger partial charge in [0.1, 0.15) is 5.82 Å². The molecule has 4 N–H and O–H groups in total. The highest BCUT2D eigenvalue weighted by molar-refractivity contribution is 5.87. The minimum absolute atomic E-state index is 0.308. The number of carbonyl (C=O) groups is 1. The summed E-state index contributed by atoms with van der Waals surface area (Å²) >= 11 is 0. The molecule has 0 unspecified atom stereocenters. The molecule has 0 radical (unpaired) electrons. The molecule has 0 saturated heterocycles. The van der Waals surface area contributed by atoms with Gasteiger partial charge in [0.05, 0.1) is 5.56 Å². The van der Waals surface area contributed by atoms with Crippen LogP contribution in [0.25, 0.3) is 0 Å². The molecule has 0 spiro atoms. The van der Waals surface area contributed by atoms with Gasteiger partial charge < -0.3 is 16.2 Å². The van der Waals surface area contributed by atoms with Crippen molar-refractivity contribution in [1.29, 1.82) is 0 Å². The normalized spacial score (nSPS) is 10.3. The number of hydrogen-bond acceptors (Lipinski definition) is 3. The molecule has 5 heteroatoms. The molecule has 0 aromatic heterocycles. The molecule has 0 amide bonds. The molecule has 15 heavy (non-hydrogen) atoms. The number of nitrogens with one attached hydrogen (secondary N) is 1. The van der Waals surface area contributed by atoms with Crippen LogP contribution in [0.15, 0.2) is 18.2 Å². The van der Waals surface area contributed by atoms with Crippen LogP contribution < -0.4 is 11.1 Å². The van der Waals surface area contributed by atoms with Crippen molar-refractivity contribution in [2.45, 2.75) is 6.54 Å². The summed E-state index contributed by atoms with van der Waals surface area (Å²) in [5, 5.41) is 11.6. The van der Waals surface area contributed by atoms with Crippen LogP contribution in [0, 0.1) is 5.82 Å². The molecule has 82 valence electrons. The predicted molar refractivity (Wildman–Crippen MR) is 54.1 cm³/mol. The number of aromatic carboxylic acids is 1. The summed E-state index contributed by atoms with van der Waals surface area (Å²) in [5.41, 5.74) is 5.66. The summed E-state index contributed by atoms with van der Waals surface area (Å²) in [7, 11) is 0. The lowest BCUT2D eigenvalue weighted by Gasteiger charge is -2.04. The summed E-state index contributed by atoms with van der Waals surface area (Å²) in [5.74, 6) is -1.97. The van der Waals surface area contributed by atoms with E-state index in [0.717, 1.165) is 0 Å². The number of halogens is 1. The molecule has 1 aromatic carbocycles. The van der Waals surface area contributed by atoms with Crippen molar-refractivity contribution in [2.24, 2.45) is 5.73 Å². The van der Waals surface area contributed by atoms with E-state index in [2.05, 4.69) is 5.32 Å². The van der Waals surface area contributed by atoms with E-state index in [1.165, 1.54) is 12.1 Å². The lowest BCUT2D eigenvalue weighted by atomic mass is 10.1. The number of hydrogen-bond donors (Lipinski definition) is 3. The zero-order chi connectivity index (χ0) is 11.3. The maximum Gasteiger partial charge on any atom is 0.338 e. The fourth-order valence-electron chi connectivity index (χ4n) is 1.18. The highest BCUT2D eigenvalue weighted by Gasteiger charge is 2.09. The molecule has 0 bridgehead atoms. The first kappa shape index (κ1) is 11.6. The van der Waals surface area contributed by atoms with E-state index in [0.29, 0.717) is 25.2 Å². The van der Waals surface area contributed by atoms with Gasteiger partial charge >= 0.3 is 5.97 Å². The third-order valence-corrected chi connectivity index (χ3v) is 1.91. The molecule has 0 saturated carbocycles. The molecule has 0 aliphatic heterocycles. The summed E-state index contributed by atoms with van der Waals surface area (Å²) < 4.78 is 13.2. The monoisotopic (exact) mass is 212 g/mol. The molecule has 0 aliphatic carbocycles. The van der Waals surface area contributed by atoms with Crippen molar-refractivity contribution in [2.75, 3.05) is 13.1 Å². The van der Waals surface area contributed by atoms with E-state index < -0.39 is 11.8 Å². The third-order valence-electron chi connectivity index (χ3n) is 1.91. The Labute approximate surface area is 86.9 Å². The molecule has 1 rings (SSSR count). The lowest BCUT2D eigenvalue weighted by molar-refractivity contribution is 0.0692. The van der Waals surface area contributed by atoms with Crippen LogP contribution >= 0.6 is 0 Å². The fraction of sp³-hybridized carbons (Fsp3) is 0.300. The van der Waals surface area contributed by atoms with Crippen molar-refractivity contribution < 1.29 is 14.3 Å². The molecule has 0 fully saturated rings. The maximum atomic E-state index is 13.2. The second-order valence-corrected chi connectivity index (χ2v) is 3.08. The first-order valence-electron chi connectivity index (χ1n) is 4.57. The first-order valence-corrected chi connectivity index (χ1v) is 4.57. The smallest absolute Gasteiger partial charge is 0.338 e. The third kappa shape index (κ3) is 3.30. The Kier molecular flexibility index (Phi) is 4.20. The van der Waals surface area contributed by atoms with Crippen LogP contribution in [-0.4, -0.2) is 24.2 Å². The van der Waals surface area contributed by atoms with Gasteiger partial charge in [-0.25, -0.2) is 9.18 Å². The molecular formula is C10H13FN2O2. The molecule has 0 atom stereocenters. The van der Waals surface area contributed by atoms with E-state index in [1.54, 1.807) is 6.07 Å². The van der Waals surface area contributed by atoms with Crippen LogP contribution in [-0.2, 0) is 6.54 Å². The largest absolute Gasteiger partial charge is 0.478 e. The molecule has 1 aromatic rings.